The molecular weight excluding hydrogens is 957 g/mol. The Bertz CT molecular complexity index is 2190. The van der Waals surface area contributed by atoms with Crippen LogP contribution in [0.3, 0.4) is 0 Å². The fourth-order valence-corrected chi connectivity index (χ4v) is 8.42. The summed E-state index contributed by atoms with van der Waals surface area (Å²) in [7, 11) is 0. The highest BCUT2D eigenvalue weighted by Gasteiger charge is 2.45. The number of hydrogen-bond donors (Lipinski definition) is 12. The lowest BCUT2D eigenvalue weighted by molar-refractivity contribution is -0.149. The van der Waals surface area contributed by atoms with E-state index in [4.69, 9.17) is 22.9 Å². The Labute approximate surface area is 422 Å². The molecule has 0 bridgehead atoms. The molecule has 11 amide bonds. The number of likely N-dealkylation sites (tertiary alicyclic amines) is 2. The van der Waals surface area contributed by atoms with E-state index in [-0.39, 0.29) is 58.0 Å². The van der Waals surface area contributed by atoms with E-state index in [1.165, 1.54) is 30.6 Å². The van der Waals surface area contributed by atoms with Crippen LogP contribution in [0.25, 0.3) is 0 Å². The van der Waals surface area contributed by atoms with Gasteiger partial charge in [-0.3, -0.25) is 52.7 Å². The monoisotopic (exact) mass is 1030 g/mol. The molecule has 2 aliphatic heterocycles. The lowest BCUT2D eigenvalue weighted by Gasteiger charge is -2.34. The molecule has 73 heavy (non-hydrogen) atoms. The highest BCUT2D eigenvalue weighted by Crippen LogP contribution is 2.27. The number of carboxylic acids is 1. The molecule has 26 nitrogen and oxygen atoms in total. The standard InChI is InChI=1S/C47H72N12O14/c1-23(2)36(55-41(66)29(21-26-11-7-6-8-12-26)53-40(65)28(16-18-34(50)62)52-39(64)27(48)15-17-33(49)61)46(71)59-20-10-14-32(59)45(70)58-19-9-13-31(58)43(68)57-38(25(5)60)44(69)54-30(22-35(51)63)42(67)56-37(24(3)4)47(72)73/h6-8,11-12,23-25,27-32,36-38,60H,9-10,13-22,48H2,1-5H3,(H2,49,61)(H2,50,62)(H2,51,63)(H,52,64)(H,53,65)(H,54,69)(H,55,66)(H,56,67)(H,57,68)(H,72,73)/t25-,27+,28+,29+,30+,31+,32+,36+,37+,38+/m1/s1. The second-order valence-electron chi connectivity index (χ2n) is 19.1. The Morgan fingerprint density at radius 3 is 1.64 bits per heavy atom. The van der Waals surface area contributed by atoms with Crippen molar-refractivity contribution in [1.82, 2.24) is 41.7 Å². The third kappa shape index (κ3) is 18.1. The van der Waals surface area contributed by atoms with Crippen LogP contribution in [0.4, 0.5) is 0 Å². The SMILES string of the molecule is CC(C)[C@H](NC(=O)[C@H](CC(N)=O)NC(=O)[C@@H](NC(=O)[C@@H]1CCCN1C(=O)[C@@H]1CCCN1C(=O)[C@@H](NC(=O)[C@H](Cc1ccccc1)NC(=O)[C@H](CCC(N)=O)NC(=O)[C@@H](N)CCC(N)=O)C(C)C)[C@@H](C)O)C(=O)O. The zero-order valence-electron chi connectivity index (χ0n) is 41.8. The van der Waals surface area contributed by atoms with Crippen LogP contribution in [0.15, 0.2) is 30.3 Å². The van der Waals surface area contributed by atoms with Crippen LogP contribution >= 0.6 is 0 Å². The minimum atomic E-state index is -1.73. The molecule has 0 unspecified atom stereocenters. The molecule has 2 saturated heterocycles. The number of rotatable bonds is 28. The summed E-state index contributed by atoms with van der Waals surface area (Å²) >= 11 is 0. The van der Waals surface area contributed by atoms with Crippen molar-refractivity contribution in [3.05, 3.63) is 35.9 Å². The van der Waals surface area contributed by atoms with E-state index >= 15 is 0 Å². The molecule has 0 radical (unpaired) electrons. The molecule has 26 heteroatoms. The average molecular weight is 1030 g/mol. The fourth-order valence-electron chi connectivity index (χ4n) is 8.42. The zero-order chi connectivity index (χ0) is 54.9. The van der Waals surface area contributed by atoms with Crippen LogP contribution in [0.2, 0.25) is 0 Å². The number of nitrogens with one attached hydrogen (secondary N) is 6. The van der Waals surface area contributed by atoms with Gasteiger partial charge in [0.15, 0.2) is 0 Å². The van der Waals surface area contributed by atoms with E-state index in [2.05, 4.69) is 31.9 Å². The third-order valence-electron chi connectivity index (χ3n) is 12.5. The largest absolute Gasteiger partial charge is 0.480 e. The van der Waals surface area contributed by atoms with E-state index < -0.39 is 150 Å². The van der Waals surface area contributed by atoms with Gasteiger partial charge in [0.2, 0.25) is 65.0 Å². The maximum atomic E-state index is 14.5. The lowest BCUT2D eigenvalue weighted by atomic mass is 9.99. The van der Waals surface area contributed by atoms with Gasteiger partial charge in [-0.15, -0.1) is 0 Å². The second kappa shape index (κ2) is 28.1. The Hall–Kier alpha value is -7.22. The number of benzene rings is 1. The molecule has 0 aliphatic carbocycles. The minimum Gasteiger partial charge on any atom is -0.480 e. The Balaban J connectivity index is 1.82. The topological polar surface area (TPSA) is 428 Å². The van der Waals surface area contributed by atoms with Crippen molar-refractivity contribution >= 4 is 70.9 Å². The smallest absolute Gasteiger partial charge is 0.326 e. The number of aliphatic carboxylic acids is 1. The molecular formula is C47H72N12O14. The second-order valence-corrected chi connectivity index (χ2v) is 19.1. The Morgan fingerprint density at radius 2 is 1.10 bits per heavy atom. The van der Waals surface area contributed by atoms with Gasteiger partial charge in [0, 0.05) is 32.4 Å². The number of nitrogens with zero attached hydrogens (tertiary/aromatic N) is 2. The normalized spacial score (nSPS) is 18.7. The quantitative estimate of drug-likeness (QED) is 0.0377. The van der Waals surface area contributed by atoms with Gasteiger partial charge in [0.25, 0.3) is 0 Å². The van der Waals surface area contributed by atoms with E-state index in [9.17, 15) is 67.7 Å². The molecule has 3 rings (SSSR count). The van der Waals surface area contributed by atoms with Gasteiger partial charge >= 0.3 is 5.97 Å². The summed E-state index contributed by atoms with van der Waals surface area (Å²) in [5.74, 6) is -11.9. The maximum Gasteiger partial charge on any atom is 0.326 e. The first kappa shape index (κ1) is 60.1. The summed E-state index contributed by atoms with van der Waals surface area (Å²) < 4.78 is 0. The van der Waals surface area contributed by atoms with Crippen molar-refractivity contribution in [2.45, 2.75) is 159 Å². The van der Waals surface area contributed by atoms with Gasteiger partial charge in [0.05, 0.1) is 18.6 Å². The van der Waals surface area contributed by atoms with Gasteiger partial charge in [-0.2, -0.15) is 0 Å². The summed E-state index contributed by atoms with van der Waals surface area (Å²) in [4.78, 5) is 160. The van der Waals surface area contributed by atoms with Crippen LogP contribution in [-0.4, -0.2) is 165 Å². The van der Waals surface area contributed by atoms with E-state index in [1.54, 1.807) is 44.2 Å². The van der Waals surface area contributed by atoms with E-state index in [0.717, 1.165) is 0 Å². The van der Waals surface area contributed by atoms with Gasteiger partial charge in [0.1, 0.15) is 48.3 Å². The molecule has 10 atom stereocenters. The lowest BCUT2D eigenvalue weighted by Crippen LogP contribution is -2.62. The Kier molecular flexibility index (Phi) is 23.2. The summed E-state index contributed by atoms with van der Waals surface area (Å²) in [6, 6.07) is -3.83. The summed E-state index contributed by atoms with van der Waals surface area (Å²) in [6.45, 7) is 7.71. The molecule has 1 aromatic rings. The van der Waals surface area contributed by atoms with Crippen LogP contribution in [0, 0.1) is 11.8 Å². The minimum absolute atomic E-state index is 0.0772. The predicted molar refractivity (Wildman–Crippen MR) is 259 cm³/mol. The number of aliphatic hydroxyl groups excluding tert-OH is 1. The Morgan fingerprint density at radius 1 is 0.589 bits per heavy atom. The highest BCUT2D eigenvalue weighted by molar-refractivity contribution is 5.99. The van der Waals surface area contributed by atoms with Crippen molar-refractivity contribution in [1.29, 1.82) is 0 Å². The van der Waals surface area contributed by atoms with Crippen LogP contribution < -0.4 is 54.8 Å². The predicted octanol–water partition coefficient (Wildman–Crippen LogP) is -4.37. The summed E-state index contributed by atoms with van der Waals surface area (Å²) in [5.41, 5.74) is 22.4. The van der Waals surface area contributed by atoms with Crippen molar-refractivity contribution in [3.8, 4) is 0 Å². The first-order valence-electron chi connectivity index (χ1n) is 24.2. The number of carbonyl (C=O) groups excluding carboxylic acids is 11. The molecule has 2 aliphatic rings. The number of amides is 11. The van der Waals surface area contributed by atoms with E-state index in [0.29, 0.717) is 18.4 Å². The third-order valence-corrected chi connectivity index (χ3v) is 12.5. The molecule has 0 spiro atoms. The van der Waals surface area contributed by atoms with Gasteiger partial charge < -0.3 is 74.8 Å². The van der Waals surface area contributed by atoms with Crippen LogP contribution in [-0.2, 0) is 64.0 Å². The van der Waals surface area contributed by atoms with Crippen molar-refractivity contribution in [2.75, 3.05) is 13.1 Å². The first-order chi connectivity index (χ1) is 34.2. The molecule has 2 heterocycles. The van der Waals surface area contributed by atoms with Crippen molar-refractivity contribution in [3.63, 3.8) is 0 Å². The van der Waals surface area contributed by atoms with Crippen molar-refractivity contribution < 1.29 is 67.7 Å². The van der Waals surface area contributed by atoms with Gasteiger partial charge in [-0.05, 0) is 62.8 Å². The number of primary amides is 3. The van der Waals surface area contributed by atoms with Gasteiger partial charge in [-0.1, -0.05) is 58.0 Å². The summed E-state index contributed by atoms with van der Waals surface area (Å²) in [5, 5.41) is 34.9. The molecule has 0 saturated carbocycles. The van der Waals surface area contributed by atoms with Crippen molar-refractivity contribution in [2.24, 2.45) is 34.8 Å². The van der Waals surface area contributed by atoms with Crippen LogP contribution in [0.5, 0.6) is 0 Å². The number of hydrogen-bond acceptors (Lipinski definition) is 14. The first-order valence-corrected chi connectivity index (χ1v) is 24.2. The van der Waals surface area contributed by atoms with E-state index in [1.807, 2.05) is 0 Å². The maximum absolute atomic E-state index is 14.5. The average Bonchev–Trinajstić information content (AvgIpc) is 4.02. The molecule has 2 fully saturated rings. The molecule has 1 aromatic carbocycles. The number of carboxylic acid groups (broad SMARTS) is 1. The number of nitrogens with two attached hydrogens (primary N) is 4. The van der Waals surface area contributed by atoms with Crippen LogP contribution in [0.1, 0.15) is 98.0 Å². The number of aliphatic hydroxyl groups is 1. The summed E-state index contributed by atoms with van der Waals surface area (Å²) in [6.07, 6.45) is -2.39. The highest BCUT2D eigenvalue weighted by atomic mass is 16.4. The zero-order valence-corrected chi connectivity index (χ0v) is 41.8. The number of carbonyl (C=O) groups is 12. The molecule has 0 aromatic heterocycles. The van der Waals surface area contributed by atoms with Gasteiger partial charge in [-0.25, -0.2) is 4.79 Å². The fraction of sp³-hybridized carbons (Fsp3) is 0.617. The molecule has 16 N–H and O–H groups in total. The molecule has 404 valence electrons.